The summed E-state index contributed by atoms with van der Waals surface area (Å²) in [5.74, 6) is 0.0321. The molecule has 2 amide bonds. The van der Waals surface area contributed by atoms with Crippen LogP contribution in [-0.2, 0) is 26.0 Å². The minimum absolute atomic E-state index is 0.118. The highest BCUT2D eigenvalue weighted by Gasteiger charge is 2.32. The second-order valence-electron chi connectivity index (χ2n) is 9.79. The Bertz CT molecular complexity index is 1130. The third kappa shape index (κ3) is 8.48. The molecule has 0 saturated heterocycles. The van der Waals surface area contributed by atoms with Gasteiger partial charge in [-0.3, -0.25) is 13.9 Å². The smallest absolute Gasteiger partial charge is 0.244 e. The molecular formula is C29H41N3O5S. The van der Waals surface area contributed by atoms with Crippen molar-refractivity contribution in [1.29, 1.82) is 0 Å². The Balaban J connectivity index is 1.84. The molecule has 0 aromatic heterocycles. The number of nitrogens with one attached hydrogen (secondary N) is 1. The highest BCUT2D eigenvalue weighted by atomic mass is 32.2. The summed E-state index contributed by atoms with van der Waals surface area (Å²) in [4.78, 5) is 28.7. The molecule has 1 atom stereocenters. The number of ether oxygens (including phenoxy) is 1. The second kappa shape index (κ2) is 14.2. The molecule has 1 fully saturated rings. The van der Waals surface area contributed by atoms with Gasteiger partial charge in [-0.15, -0.1) is 0 Å². The fourth-order valence-corrected chi connectivity index (χ4v) is 5.78. The number of sulfonamides is 1. The lowest BCUT2D eigenvalue weighted by molar-refractivity contribution is -0.140. The van der Waals surface area contributed by atoms with Crippen molar-refractivity contribution in [2.24, 2.45) is 0 Å². The predicted molar refractivity (Wildman–Crippen MR) is 151 cm³/mol. The summed E-state index contributed by atoms with van der Waals surface area (Å²) >= 11 is 0. The van der Waals surface area contributed by atoms with Crippen molar-refractivity contribution in [2.45, 2.75) is 70.9 Å². The van der Waals surface area contributed by atoms with E-state index in [2.05, 4.69) is 5.32 Å². The fourth-order valence-electron chi connectivity index (χ4n) is 4.93. The summed E-state index contributed by atoms with van der Waals surface area (Å²) in [5.41, 5.74) is 1.41. The van der Waals surface area contributed by atoms with E-state index in [0.717, 1.165) is 41.8 Å². The van der Waals surface area contributed by atoms with Crippen LogP contribution in [0.1, 0.15) is 57.9 Å². The van der Waals surface area contributed by atoms with E-state index < -0.39 is 28.5 Å². The summed E-state index contributed by atoms with van der Waals surface area (Å²) in [5, 5.41) is 3.16. The van der Waals surface area contributed by atoms with E-state index in [-0.39, 0.29) is 11.9 Å². The Morgan fingerprint density at radius 3 is 2.24 bits per heavy atom. The number of carbonyl (C=O) groups excluding carboxylic acids is 2. The minimum Gasteiger partial charge on any atom is -0.494 e. The van der Waals surface area contributed by atoms with Gasteiger partial charge in [0.05, 0.1) is 18.6 Å². The van der Waals surface area contributed by atoms with E-state index in [9.17, 15) is 18.0 Å². The molecule has 2 aromatic carbocycles. The van der Waals surface area contributed by atoms with Crippen LogP contribution in [0.3, 0.4) is 0 Å². The van der Waals surface area contributed by atoms with Gasteiger partial charge in [0.25, 0.3) is 0 Å². The van der Waals surface area contributed by atoms with Crippen LogP contribution in [0, 0.1) is 0 Å². The van der Waals surface area contributed by atoms with Crippen LogP contribution >= 0.6 is 0 Å². The number of benzene rings is 2. The van der Waals surface area contributed by atoms with Crippen molar-refractivity contribution >= 4 is 27.5 Å². The molecular weight excluding hydrogens is 502 g/mol. The number of hydrogen-bond donors (Lipinski definition) is 1. The first-order valence-electron chi connectivity index (χ1n) is 13.6. The Labute approximate surface area is 227 Å². The second-order valence-corrected chi connectivity index (χ2v) is 11.7. The summed E-state index contributed by atoms with van der Waals surface area (Å²) in [6.07, 6.45) is 7.31. The van der Waals surface area contributed by atoms with Crippen LogP contribution in [0.15, 0.2) is 54.6 Å². The van der Waals surface area contributed by atoms with E-state index in [4.69, 9.17) is 4.74 Å². The third-order valence-corrected chi connectivity index (χ3v) is 8.08. The van der Waals surface area contributed by atoms with Crippen LogP contribution < -0.4 is 14.4 Å². The summed E-state index contributed by atoms with van der Waals surface area (Å²) in [7, 11) is -3.77. The third-order valence-electron chi connectivity index (χ3n) is 6.94. The van der Waals surface area contributed by atoms with Crippen LogP contribution in [0.2, 0.25) is 0 Å². The van der Waals surface area contributed by atoms with Crippen molar-refractivity contribution in [1.82, 2.24) is 10.2 Å². The monoisotopic (exact) mass is 543 g/mol. The maximum Gasteiger partial charge on any atom is 0.244 e. The minimum atomic E-state index is -3.77. The molecule has 2 aromatic rings. The van der Waals surface area contributed by atoms with E-state index in [1.807, 2.05) is 44.2 Å². The molecule has 0 bridgehead atoms. The summed E-state index contributed by atoms with van der Waals surface area (Å²) < 4.78 is 32.1. The van der Waals surface area contributed by atoms with Crippen LogP contribution in [0.5, 0.6) is 5.75 Å². The van der Waals surface area contributed by atoms with Gasteiger partial charge >= 0.3 is 0 Å². The lowest BCUT2D eigenvalue weighted by Gasteiger charge is -2.34. The SMILES string of the molecule is CCOc1ccc(N(CC(=O)N(CCc2ccccc2)[C@H](CC)C(=O)NC2CCCCC2)S(C)(=O)=O)cc1. The fraction of sp³-hybridized carbons (Fsp3) is 0.517. The summed E-state index contributed by atoms with van der Waals surface area (Å²) in [6, 6.07) is 15.8. The van der Waals surface area contributed by atoms with E-state index in [1.165, 1.54) is 6.42 Å². The molecule has 1 saturated carbocycles. The van der Waals surface area contributed by atoms with Crippen molar-refractivity contribution < 1.29 is 22.7 Å². The van der Waals surface area contributed by atoms with Gasteiger partial charge in [-0.25, -0.2) is 8.42 Å². The maximum absolute atomic E-state index is 13.8. The topological polar surface area (TPSA) is 96.0 Å². The highest BCUT2D eigenvalue weighted by Crippen LogP contribution is 2.23. The van der Waals surface area contributed by atoms with Crippen molar-refractivity contribution in [3.05, 3.63) is 60.2 Å². The molecule has 3 rings (SSSR count). The Hall–Kier alpha value is -3.07. The highest BCUT2D eigenvalue weighted by molar-refractivity contribution is 7.92. The molecule has 9 heteroatoms. The molecule has 1 N–H and O–H groups in total. The van der Waals surface area contributed by atoms with Gasteiger partial charge < -0.3 is 15.0 Å². The average Bonchev–Trinajstić information content (AvgIpc) is 2.90. The number of carbonyl (C=O) groups is 2. The molecule has 0 unspecified atom stereocenters. The van der Waals surface area contributed by atoms with Gasteiger partial charge in [-0.05, 0) is 62.4 Å². The number of anilines is 1. The zero-order chi connectivity index (χ0) is 27.5. The van der Waals surface area contributed by atoms with Crippen molar-refractivity contribution in [2.75, 3.05) is 30.3 Å². The van der Waals surface area contributed by atoms with Crippen LogP contribution in [0.4, 0.5) is 5.69 Å². The number of rotatable bonds is 13. The Kier molecular flexibility index (Phi) is 11.0. The standard InChI is InChI=1S/C29H41N3O5S/c1-4-27(29(34)30-24-14-10-7-11-15-24)31(21-20-23-12-8-6-9-13-23)28(33)22-32(38(3,35)36)25-16-18-26(19-17-25)37-5-2/h6,8-9,12-13,16-19,24,27H,4-5,7,10-11,14-15,20-22H2,1-3H3,(H,30,34)/t27-/m1/s1. The lowest BCUT2D eigenvalue weighted by atomic mass is 9.95. The average molecular weight is 544 g/mol. The molecule has 0 radical (unpaired) electrons. The van der Waals surface area contributed by atoms with Crippen molar-refractivity contribution in [3.63, 3.8) is 0 Å². The predicted octanol–water partition coefficient (Wildman–Crippen LogP) is 4.15. The Morgan fingerprint density at radius 1 is 1.00 bits per heavy atom. The number of hydrogen-bond acceptors (Lipinski definition) is 5. The van der Waals surface area contributed by atoms with E-state index in [0.29, 0.717) is 37.4 Å². The van der Waals surface area contributed by atoms with E-state index >= 15 is 0 Å². The van der Waals surface area contributed by atoms with Gasteiger partial charge in [-0.2, -0.15) is 0 Å². The number of nitrogens with zero attached hydrogens (tertiary/aromatic N) is 2. The van der Waals surface area contributed by atoms with Gasteiger partial charge in [0.15, 0.2) is 0 Å². The quantitative estimate of drug-likeness (QED) is 0.410. The van der Waals surface area contributed by atoms with Gasteiger partial charge in [0, 0.05) is 12.6 Å². The van der Waals surface area contributed by atoms with Gasteiger partial charge in [-0.1, -0.05) is 56.5 Å². The van der Waals surface area contributed by atoms with Crippen LogP contribution in [-0.4, -0.2) is 63.2 Å². The zero-order valence-electron chi connectivity index (χ0n) is 22.8. The molecule has 0 heterocycles. The molecule has 8 nitrogen and oxygen atoms in total. The molecule has 208 valence electrons. The first-order valence-corrected chi connectivity index (χ1v) is 15.4. The van der Waals surface area contributed by atoms with E-state index in [1.54, 1.807) is 29.2 Å². The van der Waals surface area contributed by atoms with Crippen LogP contribution in [0.25, 0.3) is 0 Å². The normalized spacial score (nSPS) is 14.9. The number of amides is 2. The maximum atomic E-state index is 13.8. The van der Waals surface area contributed by atoms with Gasteiger partial charge in [0.2, 0.25) is 21.8 Å². The first kappa shape index (κ1) is 29.5. The largest absolute Gasteiger partial charge is 0.494 e. The Morgan fingerprint density at radius 2 is 1.66 bits per heavy atom. The first-order chi connectivity index (χ1) is 18.2. The molecule has 38 heavy (non-hydrogen) atoms. The summed E-state index contributed by atoms with van der Waals surface area (Å²) in [6.45, 7) is 4.16. The van der Waals surface area contributed by atoms with Gasteiger partial charge in [0.1, 0.15) is 18.3 Å². The zero-order valence-corrected chi connectivity index (χ0v) is 23.6. The van der Waals surface area contributed by atoms with Crippen molar-refractivity contribution in [3.8, 4) is 5.75 Å². The molecule has 0 aliphatic heterocycles. The molecule has 0 spiro atoms. The lowest BCUT2D eigenvalue weighted by Crippen LogP contribution is -2.54. The molecule has 1 aliphatic carbocycles. The molecule has 1 aliphatic rings.